The van der Waals surface area contributed by atoms with Crippen molar-refractivity contribution < 1.29 is 28.3 Å². The summed E-state index contributed by atoms with van der Waals surface area (Å²) in [5, 5.41) is 11.3. The van der Waals surface area contributed by atoms with E-state index in [4.69, 9.17) is 25.2 Å². The fraction of sp³-hybridized carbons (Fsp3) is 0.143. The third-order valence-corrected chi connectivity index (χ3v) is 5.00. The van der Waals surface area contributed by atoms with Gasteiger partial charge in [0.25, 0.3) is 11.7 Å². The molecule has 2 aromatic heterocycles. The number of ether oxygens (including phenoxy) is 1. The summed E-state index contributed by atoms with van der Waals surface area (Å²) >= 11 is 6.05. The number of ketones is 1. The summed E-state index contributed by atoms with van der Waals surface area (Å²) < 4.78 is 16.0. The van der Waals surface area contributed by atoms with E-state index in [9.17, 15) is 14.7 Å². The maximum atomic E-state index is 12.8. The van der Waals surface area contributed by atoms with E-state index in [1.54, 1.807) is 30.3 Å². The van der Waals surface area contributed by atoms with Crippen LogP contribution in [-0.2, 0) is 16.1 Å². The summed E-state index contributed by atoms with van der Waals surface area (Å²) in [6.07, 6.45) is 2.92. The number of carbonyl (C=O) groups is 2. The average Bonchev–Trinajstić information content (AvgIpc) is 3.47. The smallest absolute Gasteiger partial charge is 0.296 e. The Balaban J connectivity index is 1.85. The minimum absolute atomic E-state index is 0.0453. The number of nitrogens with zero attached hydrogens (tertiary/aromatic N) is 1. The van der Waals surface area contributed by atoms with E-state index in [-0.39, 0.29) is 17.9 Å². The Kier molecular flexibility index (Phi) is 4.90. The van der Waals surface area contributed by atoms with Crippen LogP contribution < -0.4 is 4.74 Å². The standard InChI is InChI=1S/C21H16ClNO6/c1-27-16-10-12(6-7-14(16)22)19(24)17-18(15-5-3-9-29-15)23(21(26)20(17)25)11-13-4-2-8-28-13/h2-10,18,24H,11H2,1H3/b19-17-. The Morgan fingerprint density at radius 3 is 2.59 bits per heavy atom. The molecular formula is C21H16ClNO6. The molecule has 1 fully saturated rings. The minimum atomic E-state index is -0.906. The van der Waals surface area contributed by atoms with Crippen molar-refractivity contribution in [1.82, 2.24) is 4.90 Å². The number of aliphatic hydroxyl groups excluding tert-OH is 1. The Labute approximate surface area is 170 Å². The van der Waals surface area contributed by atoms with Gasteiger partial charge in [0.15, 0.2) is 0 Å². The van der Waals surface area contributed by atoms with Gasteiger partial charge in [0, 0.05) is 5.56 Å². The maximum Gasteiger partial charge on any atom is 0.296 e. The fourth-order valence-electron chi connectivity index (χ4n) is 3.32. The lowest BCUT2D eigenvalue weighted by Crippen LogP contribution is -2.28. The second kappa shape index (κ2) is 7.52. The molecule has 1 N–H and O–H groups in total. The molecule has 0 bridgehead atoms. The monoisotopic (exact) mass is 413 g/mol. The van der Waals surface area contributed by atoms with Crippen molar-refractivity contribution in [2.75, 3.05) is 7.11 Å². The summed E-state index contributed by atoms with van der Waals surface area (Å²) in [5.41, 5.74) is 0.208. The van der Waals surface area contributed by atoms with Crippen molar-refractivity contribution in [2.45, 2.75) is 12.6 Å². The summed E-state index contributed by atoms with van der Waals surface area (Å²) in [5.74, 6) is -0.749. The fourth-order valence-corrected chi connectivity index (χ4v) is 3.51. The van der Waals surface area contributed by atoms with Crippen LogP contribution in [-0.4, -0.2) is 28.8 Å². The minimum Gasteiger partial charge on any atom is -0.507 e. The molecule has 148 valence electrons. The molecule has 1 aliphatic rings. The van der Waals surface area contributed by atoms with Crippen molar-refractivity contribution in [3.63, 3.8) is 0 Å². The highest BCUT2D eigenvalue weighted by molar-refractivity contribution is 6.46. The topological polar surface area (TPSA) is 93.1 Å². The van der Waals surface area contributed by atoms with Gasteiger partial charge in [-0.1, -0.05) is 11.6 Å². The highest BCUT2D eigenvalue weighted by Gasteiger charge is 2.47. The number of furan rings is 2. The molecule has 0 saturated carbocycles. The van der Waals surface area contributed by atoms with Crippen LogP contribution in [0, 0.1) is 0 Å². The maximum absolute atomic E-state index is 12.8. The van der Waals surface area contributed by atoms with Gasteiger partial charge < -0.3 is 23.6 Å². The van der Waals surface area contributed by atoms with E-state index in [1.165, 1.54) is 36.7 Å². The lowest BCUT2D eigenvalue weighted by molar-refractivity contribution is -0.140. The number of benzene rings is 1. The second-order valence-corrected chi connectivity index (χ2v) is 6.78. The lowest BCUT2D eigenvalue weighted by Gasteiger charge is -2.22. The van der Waals surface area contributed by atoms with E-state index in [1.807, 2.05) is 0 Å². The first kappa shape index (κ1) is 18.9. The van der Waals surface area contributed by atoms with Gasteiger partial charge in [-0.15, -0.1) is 0 Å². The molecule has 0 radical (unpaired) electrons. The number of carbonyl (C=O) groups excluding carboxylic acids is 2. The quantitative estimate of drug-likeness (QED) is 0.383. The van der Waals surface area contributed by atoms with Crippen LogP contribution in [0.25, 0.3) is 5.76 Å². The molecule has 4 rings (SSSR count). The summed E-state index contributed by atoms with van der Waals surface area (Å²) in [6, 6.07) is 10.3. The van der Waals surface area contributed by atoms with Crippen LogP contribution >= 0.6 is 11.6 Å². The molecule has 1 amide bonds. The molecule has 1 aromatic carbocycles. The number of likely N-dealkylation sites (tertiary alicyclic amines) is 1. The Morgan fingerprint density at radius 1 is 1.17 bits per heavy atom. The van der Waals surface area contributed by atoms with E-state index < -0.39 is 17.7 Å². The number of methoxy groups -OCH3 is 1. The normalized spacial score (nSPS) is 18.4. The zero-order valence-electron chi connectivity index (χ0n) is 15.3. The third-order valence-electron chi connectivity index (χ3n) is 4.68. The first-order valence-corrected chi connectivity index (χ1v) is 9.07. The van der Waals surface area contributed by atoms with Gasteiger partial charge >= 0.3 is 0 Å². The molecule has 7 nitrogen and oxygen atoms in total. The number of aliphatic hydroxyl groups is 1. The van der Waals surface area contributed by atoms with E-state index in [2.05, 4.69) is 0 Å². The Hall–Kier alpha value is -3.45. The van der Waals surface area contributed by atoms with Crippen LogP contribution in [0.4, 0.5) is 0 Å². The second-order valence-electron chi connectivity index (χ2n) is 6.37. The SMILES string of the molecule is COc1cc(/C(O)=C2/C(=O)C(=O)N(Cc3ccco3)C2c2ccco2)ccc1Cl. The molecule has 3 heterocycles. The lowest BCUT2D eigenvalue weighted by atomic mass is 9.99. The number of halogens is 1. The molecule has 1 saturated heterocycles. The van der Waals surface area contributed by atoms with Crippen LogP contribution in [0.3, 0.4) is 0 Å². The van der Waals surface area contributed by atoms with Crippen molar-refractivity contribution in [2.24, 2.45) is 0 Å². The number of rotatable bonds is 5. The zero-order chi connectivity index (χ0) is 20.5. The number of amides is 1. The van der Waals surface area contributed by atoms with Gasteiger partial charge in [-0.25, -0.2) is 0 Å². The van der Waals surface area contributed by atoms with Gasteiger partial charge in [0.2, 0.25) is 0 Å². The summed E-state index contributed by atoms with van der Waals surface area (Å²) in [4.78, 5) is 26.9. The zero-order valence-corrected chi connectivity index (χ0v) is 16.1. The molecule has 1 atom stereocenters. The van der Waals surface area contributed by atoms with E-state index >= 15 is 0 Å². The van der Waals surface area contributed by atoms with E-state index in [0.717, 1.165) is 0 Å². The van der Waals surface area contributed by atoms with Crippen molar-refractivity contribution >= 4 is 29.1 Å². The molecule has 0 spiro atoms. The van der Waals surface area contributed by atoms with Gasteiger partial charge in [-0.2, -0.15) is 0 Å². The molecular weight excluding hydrogens is 398 g/mol. The predicted molar refractivity (Wildman–Crippen MR) is 103 cm³/mol. The third kappa shape index (κ3) is 3.30. The average molecular weight is 414 g/mol. The van der Waals surface area contributed by atoms with Crippen molar-refractivity contribution in [3.05, 3.63) is 82.7 Å². The van der Waals surface area contributed by atoms with Gasteiger partial charge in [0.1, 0.15) is 29.1 Å². The molecule has 0 aliphatic carbocycles. The predicted octanol–water partition coefficient (Wildman–Crippen LogP) is 4.16. The van der Waals surface area contributed by atoms with Crippen molar-refractivity contribution in [3.8, 4) is 5.75 Å². The van der Waals surface area contributed by atoms with E-state index in [0.29, 0.717) is 27.9 Å². The van der Waals surface area contributed by atoms with Crippen molar-refractivity contribution in [1.29, 1.82) is 0 Å². The number of Topliss-reactive ketones (excluding diaryl/α,β-unsaturated/α-hetero) is 1. The highest BCUT2D eigenvalue weighted by atomic mass is 35.5. The van der Waals surface area contributed by atoms with Crippen LogP contribution in [0.5, 0.6) is 5.75 Å². The Morgan fingerprint density at radius 2 is 1.93 bits per heavy atom. The Bertz CT molecular complexity index is 1080. The molecule has 3 aromatic rings. The largest absolute Gasteiger partial charge is 0.507 e. The highest BCUT2D eigenvalue weighted by Crippen LogP contribution is 2.41. The molecule has 1 aliphatic heterocycles. The van der Waals surface area contributed by atoms with Crippen LogP contribution in [0.2, 0.25) is 5.02 Å². The number of hydrogen-bond acceptors (Lipinski definition) is 6. The molecule has 8 heteroatoms. The van der Waals surface area contributed by atoms with Gasteiger partial charge in [-0.3, -0.25) is 9.59 Å². The molecule has 29 heavy (non-hydrogen) atoms. The first-order chi connectivity index (χ1) is 14.0. The molecule has 1 unspecified atom stereocenters. The van der Waals surface area contributed by atoms with Gasteiger partial charge in [0.05, 0.1) is 36.8 Å². The van der Waals surface area contributed by atoms with Crippen LogP contribution in [0.1, 0.15) is 23.1 Å². The first-order valence-electron chi connectivity index (χ1n) is 8.69. The number of hydrogen-bond donors (Lipinski definition) is 1. The van der Waals surface area contributed by atoms with Crippen LogP contribution in [0.15, 0.2) is 69.4 Å². The summed E-state index contributed by atoms with van der Waals surface area (Å²) in [6.45, 7) is 0.0453. The van der Waals surface area contributed by atoms with Gasteiger partial charge in [-0.05, 0) is 42.5 Å². The summed E-state index contributed by atoms with van der Waals surface area (Å²) in [7, 11) is 1.44.